The fourth-order valence-corrected chi connectivity index (χ4v) is 8.56. The fraction of sp³-hybridized carbons (Fsp3) is 0.562. The lowest BCUT2D eigenvalue weighted by Gasteiger charge is -2.62. The highest BCUT2D eigenvalue weighted by Gasteiger charge is 2.75. The van der Waals surface area contributed by atoms with E-state index in [2.05, 4.69) is 15.8 Å². The molecule has 9 nitrogen and oxygen atoms in total. The van der Waals surface area contributed by atoms with Gasteiger partial charge in [-0.1, -0.05) is 25.5 Å². The summed E-state index contributed by atoms with van der Waals surface area (Å²) in [5, 5.41) is 39.6. The Hall–Kier alpha value is -3.21. The van der Waals surface area contributed by atoms with Crippen LogP contribution in [0.3, 0.4) is 0 Å². The highest BCUT2D eigenvalue weighted by Crippen LogP contribution is 2.70. The van der Waals surface area contributed by atoms with E-state index in [-0.39, 0.29) is 18.2 Å². The zero-order valence-corrected chi connectivity index (χ0v) is 24.5. The molecule has 2 amide bonds. The van der Waals surface area contributed by atoms with Crippen LogP contribution in [-0.2, 0) is 4.79 Å². The number of rotatable bonds is 6. The van der Waals surface area contributed by atoms with Crippen LogP contribution in [0.2, 0.25) is 0 Å². The molecule has 0 radical (unpaired) electrons. The molecule has 0 heterocycles. The van der Waals surface area contributed by atoms with Gasteiger partial charge < -0.3 is 20.6 Å². The predicted molar refractivity (Wildman–Crippen MR) is 154 cm³/mol. The summed E-state index contributed by atoms with van der Waals surface area (Å²) in [5.41, 5.74) is -1.64. The second-order valence-corrected chi connectivity index (χ2v) is 12.8. The van der Waals surface area contributed by atoms with E-state index in [1.165, 1.54) is 12.1 Å². The molecule has 42 heavy (non-hydrogen) atoms. The average molecular weight is 582 g/mol. The number of Topliss-reactive ketones (excluding diaryl/α,β-unsaturated/α-hetero) is 1. The van der Waals surface area contributed by atoms with Gasteiger partial charge in [0.1, 0.15) is 12.2 Å². The van der Waals surface area contributed by atoms with Gasteiger partial charge in [-0.3, -0.25) is 14.4 Å². The van der Waals surface area contributed by atoms with E-state index in [1.54, 1.807) is 51.1 Å². The number of halogens is 1. The largest absolute Gasteiger partial charge is 0.390 e. The molecule has 1 aromatic rings. The molecule has 0 saturated heterocycles. The van der Waals surface area contributed by atoms with E-state index in [9.17, 15) is 29.7 Å². The van der Waals surface area contributed by atoms with Crippen LogP contribution in [0.15, 0.2) is 53.2 Å². The molecule has 5 rings (SSSR count). The standard InChI is InChI=1S/C32H40FN3O6/c1-5-34-27(40)19-6-8-20(9-7-19)28(41)36-35-22-12-13-29(3)21(15-22)10-11-23-24-14-18(2)32(42,26(39)17-37)30(24,4)16-25(38)31(23,29)33/h6-9,12-13,15,18,23-25,37-38,42H,5,10-11,14,16-17H2,1-4H3,(H,34,40)(H,36,41)/b35-22+/t18-,23+,24+,25+,29+,30+,31+,32+/m1/s1. The molecular formula is C32H40FN3O6. The van der Waals surface area contributed by atoms with Crippen molar-refractivity contribution in [2.24, 2.45) is 33.7 Å². The van der Waals surface area contributed by atoms with Crippen LogP contribution in [0.5, 0.6) is 0 Å². The van der Waals surface area contributed by atoms with Gasteiger partial charge in [0.25, 0.3) is 11.8 Å². The van der Waals surface area contributed by atoms with E-state index < -0.39 is 58.3 Å². The van der Waals surface area contributed by atoms with Crippen LogP contribution in [0.4, 0.5) is 4.39 Å². The number of aliphatic hydroxyl groups is 3. The van der Waals surface area contributed by atoms with E-state index >= 15 is 4.39 Å². The van der Waals surface area contributed by atoms with Crippen LogP contribution >= 0.6 is 0 Å². The van der Waals surface area contributed by atoms with E-state index in [1.807, 2.05) is 6.92 Å². The van der Waals surface area contributed by atoms with Gasteiger partial charge >= 0.3 is 0 Å². The molecule has 4 aliphatic rings. The smallest absolute Gasteiger partial charge is 0.271 e. The lowest BCUT2D eigenvalue weighted by Crippen LogP contribution is -2.69. The van der Waals surface area contributed by atoms with Crippen LogP contribution in [0.25, 0.3) is 0 Å². The summed E-state index contributed by atoms with van der Waals surface area (Å²) in [7, 11) is 0. The van der Waals surface area contributed by atoms with Crippen molar-refractivity contribution in [3.8, 4) is 0 Å². The van der Waals surface area contributed by atoms with Gasteiger partial charge in [0.2, 0.25) is 0 Å². The number of nitrogens with zero attached hydrogens (tertiary/aromatic N) is 1. The fourth-order valence-electron chi connectivity index (χ4n) is 8.56. The number of fused-ring (bicyclic) bond motifs is 5. The minimum atomic E-state index is -2.05. The second kappa shape index (κ2) is 10.5. The number of carbonyl (C=O) groups is 3. The molecule has 0 bridgehead atoms. The number of hydrogen-bond acceptors (Lipinski definition) is 7. The number of allylic oxidation sites excluding steroid dienone is 4. The molecule has 226 valence electrons. The predicted octanol–water partition coefficient (Wildman–Crippen LogP) is 2.86. The van der Waals surface area contributed by atoms with Crippen molar-refractivity contribution in [3.05, 3.63) is 59.2 Å². The Morgan fingerprint density at radius 2 is 1.74 bits per heavy atom. The molecule has 5 N–H and O–H groups in total. The Morgan fingerprint density at radius 3 is 2.36 bits per heavy atom. The molecule has 0 aromatic heterocycles. The lowest BCUT2D eigenvalue weighted by molar-refractivity contribution is -0.219. The summed E-state index contributed by atoms with van der Waals surface area (Å²) in [5.74, 6) is -2.82. The molecule has 0 aliphatic heterocycles. The number of nitrogens with one attached hydrogen (secondary N) is 2. The molecular weight excluding hydrogens is 541 g/mol. The normalized spacial score (nSPS) is 39.5. The molecule has 10 heteroatoms. The van der Waals surface area contributed by atoms with Crippen molar-refractivity contribution in [1.82, 2.24) is 10.7 Å². The maximum atomic E-state index is 17.5. The van der Waals surface area contributed by atoms with Crippen molar-refractivity contribution >= 4 is 23.3 Å². The van der Waals surface area contributed by atoms with Gasteiger partial charge in [-0.05, 0) is 87.8 Å². The number of benzene rings is 1. The first-order valence-electron chi connectivity index (χ1n) is 14.7. The maximum absolute atomic E-state index is 17.5. The van der Waals surface area contributed by atoms with Crippen LogP contribution in [-0.4, -0.2) is 69.2 Å². The summed E-state index contributed by atoms with van der Waals surface area (Å²) < 4.78 is 17.5. The van der Waals surface area contributed by atoms with Crippen molar-refractivity contribution in [2.45, 2.75) is 70.8 Å². The van der Waals surface area contributed by atoms with Crippen molar-refractivity contribution in [1.29, 1.82) is 0 Å². The summed E-state index contributed by atoms with van der Waals surface area (Å²) in [6, 6.07) is 6.20. The summed E-state index contributed by atoms with van der Waals surface area (Å²) in [6.45, 7) is 6.79. The van der Waals surface area contributed by atoms with Gasteiger partial charge in [0.05, 0.1) is 11.8 Å². The Kier molecular flexibility index (Phi) is 7.56. The molecule has 8 atom stereocenters. The number of carbonyl (C=O) groups excluding carboxylic acids is 3. The maximum Gasteiger partial charge on any atom is 0.271 e. The second-order valence-electron chi connectivity index (χ2n) is 12.8. The zero-order valence-electron chi connectivity index (χ0n) is 24.5. The third kappa shape index (κ3) is 4.13. The number of ketones is 1. The highest BCUT2D eigenvalue weighted by atomic mass is 19.1. The number of hydrogen-bond donors (Lipinski definition) is 5. The summed E-state index contributed by atoms with van der Waals surface area (Å²) in [6.07, 6.45) is 4.88. The Bertz CT molecular complexity index is 1390. The van der Waals surface area contributed by atoms with E-state index in [0.29, 0.717) is 42.6 Å². The number of amides is 2. The topological polar surface area (TPSA) is 148 Å². The summed E-state index contributed by atoms with van der Waals surface area (Å²) in [4.78, 5) is 37.4. The van der Waals surface area contributed by atoms with Gasteiger partial charge in [-0.15, -0.1) is 0 Å². The lowest BCUT2D eigenvalue weighted by atomic mass is 9.44. The third-order valence-electron chi connectivity index (χ3n) is 10.8. The van der Waals surface area contributed by atoms with Crippen LogP contribution in [0, 0.1) is 28.6 Å². The molecule has 3 fully saturated rings. The molecule has 0 spiro atoms. The molecule has 3 saturated carbocycles. The molecule has 4 aliphatic carbocycles. The van der Waals surface area contributed by atoms with Gasteiger partial charge in [-0.25, -0.2) is 9.82 Å². The monoisotopic (exact) mass is 581 g/mol. The van der Waals surface area contributed by atoms with E-state index in [0.717, 1.165) is 5.57 Å². The number of alkyl halides is 1. The van der Waals surface area contributed by atoms with Gasteiger partial charge in [-0.2, -0.15) is 5.10 Å². The highest BCUT2D eigenvalue weighted by molar-refractivity contribution is 6.07. The van der Waals surface area contributed by atoms with Crippen LogP contribution in [0.1, 0.15) is 74.1 Å². The summed E-state index contributed by atoms with van der Waals surface area (Å²) >= 11 is 0. The van der Waals surface area contributed by atoms with Crippen LogP contribution < -0.4 is 10.7 Å². The molecule has 1 aromatic carbocycles. The Morgan fingerprint density at radius 1 is 1.10 bits per heavy atom. The Balaban J connectivity index is 1.37. The SMILES string of the molecule is CCNC(=O)c1ccc(C(=O)N/N=C2\C=C[C@@]3(C)C(=C2)CC[C@H]2[C@@H]4C[C@@H](C)[C@](O)(C(=O)CO)[C@@]4(C)C[C@H](O)[C@@]23F)cc1. The minimum Gasteiger partial charge on any atom is -0.390 e. The first kappa shape index (κ1) is 30.3. The minimum absolute atomic E-state index is 0.107. The Labute approximate surface area is 245 Å². The number of hydrazone groups is 1. The van der Waals surface area contributed by atoms with E-state index in [4.69, 9.17) is 0 Å². The molecule has 0 unspecified atom stereocenters. The van der Waals surface area contributed by atoms with Crippen molar-refractivity contribution in [3.63, 3.8) is 0 Å². The average Bonchev–Trinajstić information content (AvgIpc) is 3.17. The van der Waals surface area contributed by atoms with Gasteiger partial charge in [0, 0.05) is 34.4 Å². The quantitative estimate of drug-likeness (QED) is 0.326. The third-order valence-corrected chi connectivity index (χ3v) is 10.8. The first-order chi connectivity index (χ1) is 19.8. The van der Waals surface area contributed by atoms with Crippen molar-refractivity contribution in [2.75, 3.05) is 13.2 Å². The zero-order chi connectivity index (χ0) is 30.7. The number of aliphatic hydroxyl groups excluding tert-OH is 2. The first-order valence-corrected chi connectivity index (χ1v) is 14.7. The van der Waals surface area contributed by atoms with Crippen molar-refractivity contribution < 1.29 is 34.1 Å². The van der Waals surface area contributed by atoms with Gasteiger partial charge in [0.15, 0.2) is 11.5 Å².